The van der Waals surface area contributed by atoms with E-state index in [1.807, 2.05) is 0 Å². The SMILES string of the molecule is CC(C)(C)C(CCC(=O)O)CCN1CC2(CC2)C1. The van der Waals surface area contributed by atoms with Crippen molar-refractivity contribution in [2.45, 2.75) is 52.9 Å². The number of nitrogens with zero attached hydrogens (tertiary/aromatic N) is 1. The molecule has 2 aliphatic rings. The normalized spacial score (nSPS) is 23.7. The van der Waals surface area contributed by atoms with E-state index >= 15 is 0 Å². The van der Waals surface area contributed by atoms with E-state index in [1.165, 1.54) is 25.9 Å². The zero-order chi connectivity index (χ0) is 13.4. The zero-order valence-electron chi connectivity index (χ0n) is 12.0. The van der Waals surface area contributed by atoms with Gasteiger partial charge in [-0.2, -0.15) is 0 Å². The Kier molecular flexibility index (Phi) is 3.72. The minimum atomic E-state index is -0.662. The summed E-state index contributed by atoms with van der Waals surface area (Å²) >= 11 is 0. The third-order valence-electron chi connectivity index (χ3n) is 4.80. The first kappa shape index (κ1) is 13.9. The van der Waals surface area contributed by atoms with Crippen molar-refractivity contribution in [3.05, 3.63) is 0 Å². The standard InChI is InChI=1S/C15H27NO2/c1-14(2,3)12(4-5-13(17)18)6-9-16-10-15(11-16)7-8-15/h12H,4-11H2,1-3H3,(H,17,18). The number of rotatable bonds is 6. The van der Waals surface area contributed by atoms with Gasteiger partial charge in [-0.3, -0.25) is 4.79 Å². The second-order valence-corrected chi connectivity index (χ2v) is 7.49. The van der Waals surface area contributed by atoms with Gasteiger partial charge in [0.15, 0.2) is 0 Å². The molecular weight excluding hydrogens is 226 g/mol. The van der Waals surface area contributed by atoms with E-state index in [9.17, 15) is 4.79 Å². The molecule has 1 saturated heterocycles. The Bertz CT molecular complexity index is 307. The third-order valence-corrected chi connectivity index (χ3v) is 4.80. The lowest BCUT2D eigenvalue weighted by molar-refractivity contribution is -0.137. The lowest BCUT2D eigenvalue weighted by atomic mass is 9.76. The predicted molar refractivity (Wildman–Crippen MR) is 72.5 cm³/mol. The van der Waals surface area contributed by atoms with E-state index < -0.39 is 5.97 Å². The van der Waals surface area contributed by atoms with Crippen molar-refractivity contribution in [1.82, 2.24) is 4.90 Å². The topological polar surface area (TPSA) is 40.5 Å². The first-order valence-corrected chi connectivity index (χ1v) is 7.25. The van der Waals surface area contributed by atoms with Crippen LogP contribution < -0.4 is 0 Å². The smallest absolute Gasteiger partial charge is 0.303 e. The quantitative estimate of drug-likeness (QED) is 0.791. The van der Waals surface area contributed by atoms with Crippen LogP contribution in [0.25, 0.3) is 0 Å². The Morgan fingerprint density at radius 2 is 1.89 bits per heavy atom. The Labute approximate surface area is 111 Å². The number of carbonyl (C=O) groups is 1. The molecule has 18 heavy (non-hydrogen) atoms. The van der Waals surface area contributed by atoms with Crippen LogP contribution in [0.2, 0.25) is 0 Å². The minimum absolute atomic E-state index is 0.220. The molecular formula is C15H27NO2. The van der Waals surface area contributed by atoms with Crippen molar-refractivity contribution in [2.75, 3.05) is 19.6 Å². The fourth-order valence-electron chi connectivity index (χ4n) is 3.20. The van der Waals surface area contributed by atoms with Crippen LogP contribution in [0.4, 0.5) is 0 Å². The number of carboxylic acids is 1. The highest BCUT2D eigenvalue weighted by Crippen LogP contribution is 2.52. The van der Waals surface area contributed by atoms with Gasteiger partial charge >= 0.3 is 5.97 Å². The van der Waals surface area contributed by atoms with Gasteiger partial charge in [-0.25, -0.2) is 0 Å². The summed E-state index contributed by atoms with van der Waals surface area (Å²) in [5.74, 6) is -0.144. The van der Waals surface area contributed by atoms with Crippen LogP contribution in [0, 0.1) is 16.7 Å². The van der Waals surface area contributed by atoms with Crippen LogP contribution in [0.15, 0.2) is 0 Å². The second kappa shape index (κ2) is 4.84. The third kappa shape index (κ3) is 3.47. The average Bonchev–Trinajstić information content (AvgIpc) is 2.93. The van der Waals surface area contributed by atoms with Crippen molar-refractivity contribution in [3.8, 4) is 0 Å². The summed E-state index contributed by atoms with van der Waals surface area (Å²) in [5, 5.41) is 8.83. The molecule has 0 aromatic rings. The highest BCUT2D eigenvalue weighted by Gasteiger charge is 2.51. The fraction of sp³-hybridized carbons (Fsp3) is 0.933. The Morgan fingerprint density at radius 3 is 2.33 bits per heavy atom. The van der Waals surface area contributed by atoms with Crippen molar-refractivity contribution in [2.24, 2.45) is 16.7 Å². The molecule has 3 heteroatoms. The Balaban J connectivity index is 1.72. The second-order valence-electron chi connectivity index (χ2n) is 7.49. The largest absolute Gasteiger partial charge is 0.481 e. The van der Waals surface area contributed by atoms with Gasteiger partial charge in [0.1, 0.15) is 0 Å². The van der Waals surface area contributed by atoms with E-state index in [0.29, 0.717) is 12.3 Å². The number of likely N-dealkylation sites (tertiary alicyclic amines) is 1. The molecule has 0 aromatic heterocycles. The average molecular weight is 253 g/mol. The van der Waals surface area contributed by atoms with Gasteiger partial charge < -0.3 is 10.0 Å². The lowest BCUT2D eigenvalue weighted by Gasteiger charge is -2.42. The Hall–Kier alpha value is -0.570. The molecule has 0 radical (unpaired) electrons. The number of hydrogen-bond donors (Lipinski definition) is 1. The van der Waals surface area contributed by atoms with Crippen molar-refractivity contribution in [1.29, 1.82) is 0 Å². The van der Waals surface area contributed by atoms with Crippen molar-refractivity contribution in [3.63, 3.8) is 0 Å². The van der Waals surface area contributed by atoms with Gasteiger partial charge in [-0.15, -0.1) is 0 Å². The lowest BCUT2D eigenvalue weighted by Crippen LogP contribution is -2.49. The monoisotopic (exact) mass is 253 g/mol. The van der Waals surface area contributed by atoms with Crippen LogP contribution in [0.5, 0.6) is 0 Å². The molecule has 0 amide bonds. The minimum Gasteiger partial charge on any atom is -0.481 e. The molecule has 1 atom stereocenters. The molecule has 104 valence electrons. The fourth-order valence-corrected chi connectivity index (χ4v) is 3.20. The van der Waals surface area contributed by atoms with Crippen molar-refractivity contribution < 1.29 is 9.90 Å². The molecule has 1 spiro atoms. The zero-order valence-corrected chi connectivity index (χ0v) is 12.0. The van der Waals surface area contributed by atoms with Gasteiger partial charge in [0.05, 0.1) is 0 Å². The number of hydrogen-bond acceptors (Lipinski definition) is 2. The van der Waals surface area contributed by atoms with Crippen LogP contribution in [-0.4, -0.2) is 35.6 Å². The maximum atomic E-state index is 10.7. The molecule has 0 bridgehead atoms. The maximum absolute atomic E-state index is 10.7. The highest BCUT2D eigenvalue weighted by atomic mass is 16.4. The molecule has 2 rings (SSSR count). The summed E-state index contributed by atoms with van der Waals surface area (Å²) in [6.07, 6.45) is 5.15. The summed E-state index contributed by atoms with van der Waals surface area (Å²) in [7, 11) is 0. The molecule has 1 aliphatic heterocycles. The predicted octanol–water partition coefficient (Wildman–Crippen LogP) is 3.00. The molecule has 1 N–H and O–H groups in total. The summed E-state index contributed by atoms with van der Waals surface area (Å²) in [5.41, 5.74) is 0.954. The highest BCUT2D eigenvalue weighted by molar-refractivity contribution is 5.66. The maximum Gasteiger partial charge on any atom is 0.303 e. The van der Waals surface area contributed by atoms with E-state index in [1.54, 1.807) is 0 Å². The van der Waals surface area contributed by atoms with Gasteiger partial charge in [-0.05, 0) is 49.0 Å². The van der Waals surface area contributed by atoms with E-state index in [4.69, 9.17) is 5.11 Å². The molecule has 1 saturated carbocycles. The van der Waals surface area contributed by atoms with Crippen LogP contribution in [0.1, 0.15) is 52.9 Å². The van der Waals surface area contributed by atoms with Crippen LogP contribution in [-0.2, 0) is 4.79 Å². The summed E-state index contributed by atoms with van der Waals surface area (Å²) in [6.45, 7) is 10.4. The summed E-state index contributed by atoms with van der Waals surface area (Å²) in [4.78, 5) is 13.3. The first-order valence-electron chi connectivity index (χ1n) is 7.25. The molecule has 3 nitrogen and oxygen atoms in total. The van der Waals surface area contributed by atoms with Crippen LogP contribution in [0.3, 0.4) is 0 Å². The number of carboxylic acid groups (broad SMARTS) is 1. The van der Waals surface area contributed by atoms with Gasteiger partial charge in [0.25, 0.3) is 0 Å². The van der Waals surface area contributed by atoms with Crippen molar-refractivity contribution >= 4 is 5.97 Å². The van der Waals surface area contributed by atoms with E-state index in [0.717, 1.165) is 24.8 Å². The molecule has 1 unspecified atom stereocenters. The number of aliphatic carboxylic acids is 1. The van der Waals surface area contributed by atoms with E-state index in [2.05, 4.69) is 25.7 Å². The molecule has 1 aliphatic carbocycles. The van der Waals surface area contributed by atoms with E-state index in [-0.39, 0.29) is 5.41 Å². The molecule has 2 fully saturated rings. The summed E-state index contributed by atoms with van der Waals surface area (Å²) in [6, 6.07) is 0. The molecule has 0 aromatic carbocycles. The summed E-state index contributed by atoms with van der Waals surface area (Å²) < 4.78 is 0. The van der Waals surface area contributed by atoms with Gasteiger partial charge in [-0.1, -0.05) is 20.8 Å². The Morgan fingerprint density at radius 1 is 1.28 bits per heavy atom. The van der Waals surface area contributed by atoms with Gasteiger partial charge in [0.2, 0.25) is 0 Å². The first-order chi connectivity index (χ1) is 8.31. The van der Waals surface area contributed by atoms with Gasteiger partial charge in [0, 0.05) is 19.5 Å². The molecule has 1 heterocycles. The van der Waals surface area contributed by atoms with Crippen LogP contribution >= 0.6 is 0 Å².